The quantitative estimate of drug-likeness (QED) is 0.663. The average Bonchev–Trinajstić information content (AvgIpc) is 2.40. The lowest BCUT2D eigenvalue weighted by Crippen LogP contribution is -2.37. The average molecular weight is 157 g/mol. The molecule has 0 radical (unpaired) electrons. The Morgan fingerprint density at radius 2 is 1.91 bits per heavy atom. The normalized spacial score (nSPS) is 22.9. The second kappa shape index (κ2) is 4.07. The van der Waals surface area contributed by atoms with Crippen LogP contribution in [0.3, 0.4) is 0 Å². The zero-order valence-electron chi connectivity index (χ0n) is 7.58. The molecule has 2 heteroatoms. The Kier molecular flexibility index (Phi) is 3.34. The first-order valence-electron chi connectivity index (χ1n) is 4.53. The SMILES string of the molecule is CN(C)C(CO)C1CCCC1. The lowest BCUT2D eigenvalue weighted by Gasteiger charge is -2.27. The van der Waals surface area contributed by atoms with Crippen molar-refractivity contribution >= 4 is 0 Å². The van der Waals surface area contributed by atoms with Gasteiger partial charge < -0.3 is 10.0 Å². The van der Waals surface area contributed by atoms with Crippen LogP contribution in [0.1, 0.15) is 25.7 Å². The summed E-state index contributed by atoms with van der Waals surface area (Å²) in [6.45, 7) is 0.317. The molecule has 0 heterocycles. The highest BCUT2D eigenvalue weighted by atomic mass is 16.3. The predicted molar refractivity (Wildman–Crippen MR) is 46.5 cm³/mol. The van der Waals surface area contributed by atoms with Crippen LogP contribution in [-0.4, -0.2) is 36.8 Å². The molecule has 0 saturated heterocycles. The Morgan fingerprint density at radius 3 is 2.27 bits per heavy atom. The highest BCUT2D eigenvalue weighted by molar-refractivity contribution is 4.79. The van der Waals surface area contributed by atoms with E-state index < -0.39 is 0 Å². The van der Waals surface area contributed by atoms with Gasteiger partial charge in [-0.25, -0.2) is 0 Å². The molecule has 1 atom stereocenters. The highest BCUT2D eigenvalue weighted by Gasteiger charge is 2.25. The van der Waals surface area contributed by atoms with Crippen molar-refractivity contribution in [2.75, 3.05) is 20.7 Å². The number of likely N-dealkylation sites (N-methyl/N-ethyl adjacent to an activating group) is 1. The maximum absolute atomic E-state index is 9.12. The molecule has 2 nitrogen and oxygen atoms in total. The predicted octanol–water partition coefficient (Wildman–Crippen LogP) is 1.10. The first kappa shape index (κ1) is 9.01. The number of hydrogen-bond donors (Lipinski definition) is 1. The smallest absolute Gasteiger partial charge is 0.0589 e. The van der Waals surface area contributed by atoms with E-state index >= 15 is 0 Å². The first-order valence-corrected chi connectivity index (χ1v) is 4.53. The molecular formula is C9H19NO. The van der Waals surface area contributed by atoms with Gasteiger partial charge in [-0.2, -0.15) is 0 Å². The molecule has 0 spiro atoms. The summed E-state index contributed by atoms with van der Waals surface area (Å²) < 4.78 is 0. The Morgan fingerprint density at radius 1 is 1.36 bits per heavy atom. The monoisotopic (exact) mass is 157 g/mol. The number of hydrogen-bond acceptors (Lipinski definition) is 2. The van der Waals surface area contributed by atoms with Crippen molar-refractivity contribution in [3.63, 3.8) is 0 Å². The Bertz CT molecular complexity index is 108. The van der Waals surface area contributed by atoms with Crippen LogP contribution in [0.25, 0.3) is 0 Å². The lowest BCUT2D eigenvalue weighted by atomic mass is 9.98. The van der Waals surface area contributed by atoms with Crippen LogP contribution in [0.15, 0.2) is 0 Å². The van der Waals surface area contributed by atoms with Gasteiger partial charge in [0.2, 0.25) is 0 Å². The van der Waals surface area contributed by atoms with Gasteiger partial charge >= 0.3 is 0 Å². The summed E-state index contributed by atoms with van der Waals surface area (Å²) in [7, 11) is 4.11. The standard InChI is InChI=1S/C9H19NO/c1-10(2)9(7-11)8-5-3-4-6-8/h8-9,11H,3-7H2,1-2H3. The van der Waals surface area contributed by atoms with Gasteiger partial charge in [0.15, 0.2) is 0 Å². The van der Waals surface area contributed by atoms with Crippen molar-refractivity contribution in [1.82, 2.24) is 4.90 Å². The largest absolute Gasteiger partial charge is 0.395 e. The van der Waals surface area contributed by atoms with Crippen molar-refractivity contribution < 1.29 is 5.11 Å². The van der Waals surface area contributed by atoms with Gasteiger partial charge in [0.1, 0.15) is 0 Å². The molecule has 1 aliphatic carbocycles. The van der Waals surface area contributed by atoms with E-state index in [4.69, 9.17) is 5.11 Å². The molecule has 1 rings (SSSR count). The molecule has 1 unspecified atom stereocenters. The number of rotatable bonds is 3. The summed E-state index contributed by atoms with van der Waals surface area (Å²) in [6, 6.07) is 0.400. The van der Waals surface area contributed by atoms with E-state index in [1.54, 1.807) is 0 Å². The van der Waals surface area contributed by atoms with Gasteiger partial charge in [-0.15, -0.1) is 0 Å². The molecule has 1 N–H and O–H groups in total. The Labute approximate surface area is 69.2 Å². The van der Waals surface area contributed by atoms with Gasteiger partial charge in [0, 0.05) is 6.04 Å². The van der Waals surface area contributed by atoms with E-state index in [1.807, 2.05) is 0 Å². The summed E-state index contributed by atoms with van der Waals surface area (Å²) in [6.07, 6.45) is 5.33. The molecule has 66 valence electrons. The second-order valence-corrected chi connectivity index (χ2v) is 3.76. The van der Waals surface area contributed by atoms with Crippen molar-refractivity contribution in [3.8, 4) is 0 Å². The molecule has 11 heavy (non-hydrogen) atoms. The van der Waals surface area contributed by atoms with Crippen LogP contribution in [-0.2, 0) is 0 Å². The fourth-order valence-electron chi connectivity index (χ4n) is 2.08. The van der Waals surface area contributed by atoms with Crippen molar-refractivity contribution in [3.05, 3.63) is 0 Å². The maximum atomic E-state index is 9.12. The van der Waals surface area contributed by atoms with Gasteiger partial charge in [-0.3, -0.25) is 0 Å². The Balaban J connectivity index is 2.40. The molecule has 0 aromatic rings. The lowest BCUT2D eigenvalue weighted by molar-refractivity contribution is 0.122. The van der Waals surface area contributed by atoms with E-state index in [1.165, 1.54) is 25.7 Å². The van der Waals surface area contributed by atoms with Crippen LogP contribution < -0.4 is 0 Å². The third-order valence-electron chi connectivity index (χ3n) is 2.79. The van der Waals surface area contributed by atoms with Crippen molar-refractivity contribution in [1.29, 1.82) is 0 Å². The van der Waals surface area contributed by atoms with Crippen LogP contribution in [0.4, 0.5) is 0 Å². The molecule has 0 aromatic heterocycles. The van der Waals surface area contributed by atoms with E-state index in [0.717, 1.165) is 5.92 Å². The van der Waals surface area contributed by atoms with Crippen LogP contribution >= 0.6 is 0 Å². The van der Waals surface area contributed by atoms with E-state index in [0.29, 0.717) is 12.6 Å². The fourth-order valence-corrected chi connectivity index (χ4v) is 2.08. The molecular weight excluding hydrogens is 138 g/mol. The van der Waals surface area contributed by atoms with Gasteiger partial charge in [0.05, 0.1) is 6.61 Å². The minimum Gasteiger partial charge on any atom is -0.395 e. The zero-order chi connectivity index (χ0) is 8.27. The molecule has 0 aromatic carbocycles. The van der Waals surface area contributed by atoms with Crippen molar-refractivity contribution in [2.45, 2.75) is 31.7 Å². The fraction of sp³-hybridized carbons (Fsp3) is 1.00. The third kappa shape index (κ3) is 2.17. The highest BCUT2D eigenvalue weighted by Crippen LogP contribution is 2.29. The molecule has 1 saturated carbocycles. The molecule has 0 amide bonds. The first-order chi connectivity index (χ1) is 5.25. The van der Waals surface area contributed by atoms with Crippen LogP contribution in [0, 0.1) is 5.92 Å². The number of nitrogens with zero attached hydrogens (tertiary/aromatic N) is 1. The zero-order valence-corrected chi connectivity index (χ0v) is 7.58. The van der Waals surface area contributed by atoms with E-state index in [2.05, 4.69) is 19.0 Å². The number of aliphatic hydroxyl groups is 1. The minimum atomic E-state index is 0.317. The molecule has 1 aliphatic rings. The Hall–Kier alpha value is -0.0800. The molecule has 0 bridgehead atoms. The maximum Gasteiger partial charge on any atom is 0.0589 e. The van der Waals surface area contributed by atoms with Gasteiger partial charge in [0.25, 0.3) is 0 Å². The summed E-state index contributed by atoms with van der Waals surface area (Å²) in [5.41, 5.74) is 0. The van der Waals surface area contributed by atoms with Gasteiger partial charge in [-0.05, 0) is 32.9 Å². The van der Waals surface area contributed by atoms with Crippen molar-refractivity contribution in [2.24, 2.45) is 5.92 Å². The summed E-state index contributed by atoms with van der Waals surface area (Å²) in [5, 5.41) is 9.12. The molecule has 1 fully saturated rings. The second-order valence-electron chi connectivity index (χ2n) is 3.76. The summed E-state index contributed by atoms with van der Waals surface area (Å²) >= 11 is 0. The van der Waals surface area contributed by atoms with Crippen LogP contribution in [0.2, 0.25) is 0 Å². The number of aliphatic hydroxyl groups excluding tert-OH is 1. The van der Waals surface area contributed by atoms with E-state index in [-0.39, 0.29) is 0 Å². The van der Waals surface area contributed by atoms with E-state index in [9.17, 15) is 0 Å². The van der Waals surface area contributed by atoms with Gasteiger partial charge in [-0.1, -0.05) is 12.8 Å². The third-order valence-corrected chi connectivity index (χ3v) is 2.79. The topological polar surface area (TPSA) is 23.5 Å². The summed E-state index contributed by atoms with van der Waals surface area (Å²) in [4.78, 5) is 2.15. The minimum absolute atomic E-state index is 0.317. The molecule has 0 aliphatic heterocycles. The van der Waals surface area contributed by atoms with Crippen LogP contribution in [0.5, 0.6) is 0 Å². The summed E-state index contributed by atoms with van der Waals surface area (Å²) in [5.74, 6) is 0.745.